The van der Waals surface area contributed by atoms with Gasteiger partial charge in [-0.2, -0.15) is 0 Å². The standard InChI is InChI=1S/C15H19NO6/c1-20-11-6-10(7-12(8-11)21-2)4-5-14(18)16-13(9-17)15(19)22-3/h4-8,13,17H,9H2,1-3H3,(H,16,18)/b5-4+/t13-/m0/s1. The largest absolute Gasteiger partial charge is 0.497 e. The van der Waals surface area contributed by atoms with E-state index in [0.29, 0.717) is 17.1 Å². The number of rotatable bonds is 7. The number of aliphatic hydroxyl groups excluding tert-OH is 1. The van der Waals surface area contributed by atoms with E-state index in [1.54, 1.807) is 18.2 Å². The van der Waals surface area contributed by atoms with Crippen LogP contribution in [0, 0.1) is 0 Å². The Kier molecular flexibility index (Phi) is 6.91. The van der Waals surface area contributed by atoms with Crippen LogP contribution in [0.3, 0.4) is 0 Å². The molecular formula is C15H19NO6. The Morgan fingerprint density at radius 1 is 1.18 bits per heavy atom. The third kappa shape index (κ3) is 5.10. The minimum absolute atomic E-state index is 0.536. The average Bonchev–Trinajstić information content (AvgIpc) is 2.56. The Morgan fingerprint density at radius 3 is 2.23 bits per heavy atom. The molecule has 2 N–H and O–H groups in total. The minimum Gasteiger partial charge on any atom is -0.497 e. The highest BCUT2D eigenvalue weighted by molar-refractivity contribution is 5.94. The van der Waals surface area contributed by atoms with E-state index < -0.39 is 24.5 Å². The van der Waals surface area contributed by atoms with E-state index in [-0.39, 0.29) is 0 Å². The number of esters is 1. The second kappa shape index (κ2) is 8.68. The molecule has 1 rings (SSSR count). The number of carbonyl (C=O) groups is 2. The van der Waals surface area contributed by atoms with Crippen molar-refractivity contribution < 1.29 is 28.9 Å². The average molecular weight is 309 g/mol. The maximum absolute atomic E-state index is 11.7. The first-order chi connectivity index (χ1) is 10.5. The van der Waals surface area contributed by atoms with Crippen LogP contribution in [-0.2, 0) is 14.3 Å². The normalized spacial score (nSPS) is 11.8. The summed E-state index contributed by atoms with van der Waals surface area (Å²) in [6.07, 6.45) is 2.77. The Labute approximate surface area is 128 Å². The number of nitrogens with one attached hydrogen (secondary N) is 1. The number of methoxy groups -OCH3 is 3. The summed E-state index contributed by atoms with van der Waals surface area (Å²) in [5.41, 5.74) is 0.685. The zero-order valence-electron chi connectivity index (χ0n) is 12.7. The van der Waals surface area contributed by atoms with Crippen molar-refractivity contribution in [2.75, 3.05) is 27.9 Å². The molecule has 7 nitrogen and oxygen atoms in total. The second-order valence-corrected chi connectivity index (χ2v) is 4.25. The monoisotopic (exact) mass is 309 g/mol. The van der Waals surface area contributed by atoms with Crippen LogP contribution >= 0.6 is 0 Å². The van der Waals surface area contributed by atoms with Gasteiger partial charge >= 0.3 is 5.97 Å². The Balaban J connectivity index is 2.79. The molecule has 0 aliphatic carbocycles. The molecule has 0 spiro atoms. The van der Waals surface area contributed by atoms with E-state index in [9.17, 15) is 9.59 Å². The van der Waals surface area contributed by atoms with E-state index in [0.717, 1.165) is 0 Å². The van der Waals surface area contributed by atoms with Gasteiger partial charge in [-0.25, -0.2) is 4.79 Å². The van der Waals surface area contributed by atoms with Crippen molar-refractivity contribution in [2.45, 2.75) is 6.04 Å². The third-order valence-corrected chi connectivity index (χ3v) is 2.79. The van der Waals surface area contributed by atoms with Crippen molar-refractivity contribution in [3.05, 3.63) is 29.8 Å². The minimum atomic E-state index is -1.10. The first kappa shape index (κ1) is 17.5. The molecule has 22 heavy (non-hydrogen) atoms. The van der Waals surface area contributed by atoms with Gasteiger partial charge in [0.1, 0.15) is 11.5 Å². The highest BCUT2D eigenvalue weighted by Gasteiger charge is 2.19. The number of hydrogen-bond donors (Lipinski definition) is 2. The Morgan fingerprint density at radius 2 is 1.77 bits per heavy atom. The molecule has 0 aliphatic heterocycles. The molecule has 1 aromatic carbocycles. The number of aliphatic hydroxyl groups is 1. The molecule has 0 heterocycles. The fraction of sp³-hybridized carbons (Fsp3) is 0.333. The molecule has 0 fully saturated rings. The van der Waals surface area contributed by atoms with Crippen LogP contribution in [-0.4, -0.2) is 51.0 Å². The number of amides is 1. The number of ether oxygens (including phenoxy) is 3. The maximum Gasteiger partial charge on any atom is 0.330 e. The summed E-state index contributed by atoms with van der Waals surface area (Å²) in [6.45, 7) is -0.542. The molecule has 0 saturated heterocycles. The van der Waals surface area contributed by atoms with Crippen LogP contribution in [0.2, 0.25) is 0 Å². The number of carbonyl (C=O) groups excluding carboxylic acids is 2. The first-order valence-electron chi connectivity index (χ1n) is 6.44. The van der Waals surface area contributed by atoms with Crippen molar-refractivity contribution in [1.29, 1.82) is 0 Å². The Bertz CT molecular complexity index is 533. The lowest BCUT2D eigenvalue weighted by atomic mass is 10.2. The summed E-state index contributed by atoms with van der Waals surface area (Å²) in [5, 5.41) is 11.4. The van der Waals surface area contributed by atoms with Gasteiger partial charge in [0.05, 0.1) is 27.9 Å². The zero-order chi connectivity index (χ0) is 16.5. The number of benzene rings is 1. The van der Waals surface area contributed by atoms with Gasteiger partial charge in [-0.15, -0.1) is 0 Å². The van der Waals surface area contributed by atoms with Gasteiger partial charge < -0.3 is 24.6 Å². The SMILES string of the molecule is COC(=O)[C@H](CO)NC(=O)/C=C/c1cc(OC)cc(OC)c1. The van der Waals surface area contributed by atoms with Gasteiger partial charge in [0.25, 0.3) is 0 Å². The molecule has 7 heteroatoms. The van der Waals surface area contributed by atoms with Crippen LogP contribution in [0.25, 0.3) is 6.08 Å². The molecular weight excluding hydrogens is 290 g/mol. The molecule has 0 saturated carbocycles. The van der Waals surface area contributed by atoms with E-state index in [4.69, 9.17) is 14.6 Å². The summed E-state index contributed by atoms with van der Waals surface area (Å²) < 4.78 is 14.7. The summed E-state index contributed by atoms with van der Waals surface area (Å²) in [4.78, 5) is 23.0. The molecule has 0 radical (unpaired) electrons. The van der Waals surface area contributed by atoms with Crippen LogP contribution in [0.5, 0.6) is 11.5 Å². The lowest BCUT2D eigenvalue weighted by molar-refractivity contribution is -0.145. The topological polar surface area (TPSA) is 94.1 Å². The lowest BCUT2D eigenvalue weighted by Gasteiger charge is -2.12. The van der Waals surface area contributed by atoms with Gasteiger partial charge in [0.2, 0.25) is 5.91 Å². The fourth-order valence-electron chi connectivity index (χ4n) is 1.64. The predicted octanol–water partition coefficient (Wildman–Crippen LogP) is 0.367. The van der Waals surface area contributed by atoms with Gasteiger partial charge in [0.15, 0.2) is 6.04 Å². The third-order valence-electron chi connectivity index (χ3n) is 2.79. The van der Waals surface area contributed by atoms with Crippen molar-refractivity contribution in [2.24, 2.45) is 0 Å². The first-order valence-corrected chi connectivity index (χ1v) is 6.44. The molecule has 0 unspecified atom stereocenters. The molecule has 0 aliphatic rings. The van der Waals surface area contributed by atoms with Gasteiger partial charge in [0, 0.05) is 12.1 Å². The van der Waals surface area contributed by atoms with E-state index in [1.165, 1.54) is 33.5 Å². The summed E-state index contributed by atoms with van der Waals surface area (Å²) in [5.74, 6) is -0.0806. The maximum atomic E-state index is 11.7. The quantitative estimate of drug-likeness (QED) is 0.558. The van der Waals surface area contributed by atoms with Crippen LogP contribution in [0.1, 0.15) is 5.56 Å². The van der Waals surface area contributed by atoms with Gasteiger partial charge in [-0.1, -0.05) is 0 Å². The van der Waals surface area contributed by atoms with Crippen LogP contribution in [0.15, 0.2) is 24.3 Å². The van der Waals surface area contributed by atoms with Gasteiger partial charge in [-0.3, -0.25) is 4.79 Å². The number of hydrogen-bond acceptors (Lipinski definition) is 6. The summed E-state index contributed by atoms with van der Waals surface area (Å²) >= 11 is 0. The highest BCUT2D eigenvalue weighted by Crippen LogP contribution is 2.23. The molecule has 120 valence electrons. The van der Waals surface area contributed by atoms with Crippen molar-refractivity contribution in [1.82, 2.24) is 5.32 Å². The molecule has 0 aromatic heterocycles. The van der Waals surface area contributed by atoms with E-state index in [1.807, 2.05) is 0 Å². The predicted molar refractivity (Wildman–Crippen MR) is 79.6 cm³/mol. The highest BCUT2D eigenvalue weighted by atomic mass is 16.5. The fourth-order valence-corrected chi connectivity index (χ4v) is 1.64. The molecule has 1 amide bonds. The molecule has 1 aromatic rings. The zero-order valence-corrected chi connectivity index (χ0v) is 12.7. The molecule has 1 atom stereocenters. The van der Waals surface area contributed by atoms with Crippen LogP contribution in [0.4, 0.5) is 0 Å². The van der Waals surface area contributed by atoms with E-state index >= 15 is 0 Å². The molecule has 0 bridgehead atoms. The Hall–Kier alpha value is -2.54. The van der Waals surface area contributed by atoms with Crippen LogP contribution < -0.4 is 14.8 Å². The summed E-state index contributed by atoms with van der Waals surface area (Å²) in [6, 6.07) is 4.05. The lowest BCUT2D eigenvalue weighted by Crippen LogP contribution is -2.43. The second-order valence-electron chi connectivity index (χ2n) is 4.25. The van der Waals surface area contributed by atoms with Crippen molar-refractivity contribution in [3.8, 4) is 11.5 Å². The van der Waals surface area contributed by atoms with E-state index in [2.05, 4.69) is 10.1 Å². The summed E-state index contributed by atoms with van der Waals surface area (Å²) in [7, 11) is 4.23. The van der Waals surface area contributed by atoms with Crippen molar-refractivity contribution in [3.63, 3.8) is 0 Å². The smallest absolute Gasteiger partial charge is 0.330 e. The van der Waals surface area contributed by atoms with Crippen molar-refractivity contribution >= 4 is 18.0 Å². The van der Waals surface area contributed by atoms with Gasteiger partial charge in [-0.05, 0) is 23.8 Å².